The summed E-state index contributed by atoms with van der Waals surface area (Å²) in [6.07, 6.45) is 2.53. The van der Waals surface area contributed by atoms with Gasteiger partial charge in [0.15, 0.2) is 5.82 Å². The second-order valence-electron chi connectivity index (χ2n) is 8.44. The third-order valence-electron chi connectivity index (χ3n) is 6.29. The van der Waals surface area contributed by atoms with Gasteiger partial charge in [-0.3, -0.25) is 9.47 Å². The minimum absolute atomic E-state index is 0.268. The molecule has 3 aliphatic heterocycles. The van der Waals surface area contributed by atoms with Gasteiger partial charge in [-0.25, -0.2) is 0 Å². The molecule has 1 aliphatic carbocycles. The van der Waals surface area contributed by atoms with E-state index in [1.54, 1.807) is 0 Å². The summed E-state index contributed by atoms with van der Waals surface area (Å²) in [5.74, 6) is 1.94. The number of hydrogen-bond acceptors (Lipinski definition) is 5. The standard InChI is InChI=1S/C19H20ClN7/c1-21-26-11-19(12-26)9-25(10-19)18-23-22-17-8-24(15-3-4-15)7-13-6-14(20)2-5-16(13)27(17)18/h2,5-6,15H,3-4,7-12H2. The molecule has 1 aromatic carbocycles. The molecule has 2 aromatic rings. The third-order valence-corrected chi connectivity index (χ3v) is 6.52. The maximum atomic E-state index is 7.13. The molecular formula is C19H20ClN7. The Morgan fingerprint density at radius 2 is 1.93 bits per heavy atom. The van der Waals surface area contributed by atoms with Crippen LogP contribution in [0, 0.1) is 12.0 Å². The zero-order chi connectivity index (χ0) is 18.2. The number of nitrogens with zero attached hydrogens (tertiary/aromatic N) is 7. The average molecular weight is 382 g/mol. The molecular weight excluding hydrogens is 362 g/mol. The minimum Gasteiger partial charge on any atom is -0.339 e. The molecule has 0 N–H and O–H groups in total. The van der Waals surface area contributed by atoms with Crippen LogP contribution in [0.1, 0.15) is 24.2 Å². The van der Waals surface area contributed by atoms with Crippen LogP contribution < -0.4 is 4.90 Å². The highest BCUT2D eigenvalue weighted by atomic mass is 35.5. The lowest BCUT2D eigenvalue weighted by Crippen LogP contribution is -2.71. The van der Waals surface area contributed by atoms with Crippen LogP contribution in [-0.2, 0) is 13.1 Å². The Labute approximate surface area is 162 Å². The first-order valence-corrected chi connectivity index (χ1v) is 9.86. The van der Waals surface area contributed by atoms with Crippen LogP contribution in [0.4, 0.5) is 5.95 Å². The second kappa shape index (κ2) is 5.37. The molecule has 3 fully saturated rings. The van der Waals surface area contributed by atoms with Gasteiger partial charge in [-0.15, -0.1) is 15.2 Å². The number of fused-ring (bicyclic) bond motifs is 3. The third kappa shape index (κ3) is 2.36. The van der Waals surface area contributed by atoms with E-state index in [9.17, 15) is 0 Å². The van der Waals surface area contributed by atoms with Gasteiger partial charge in [0.05, 0.1) is 30.7 Å². The molecule has 1 saturated carbocycles. The Balaban J connectivity index is 1.36. The lowest BCUT2D eigenvalue weighted by molar-refractivity contribution is 0.0100. The normalized spacial score (nSPS) is 23.1. The molecule has 0 unspecified atom stereocenters. The molecule has 1 aromatic heterocycles. The van der Waals surface area contributed by atoms with E-state index in [4.69, 9.17) is 18.2 Å². The number of benzene rings is 1. The van der Waals surface area contributed by atoms with Crippen molar-refractivity contribution in [1.82, 2.24) is 24.7 Å². The summed E-state index contributed by atoms with van der Waals surface area (Å²) < 4.78 is 2.23. The second-order valence-corrected chi connectivity index (χ2v) is 8.88. The maximum absolute atomic E-state index is 7.13. The Hall–Kier alpha value is -2.30. The topological polar surface area (TPSA) is 44.8 Å². The van der Waals surface area contributed by atoms with Crippen molar-refractivity contribution in [2.45, 2.75) is 32.0 Å². The van der Waals surface area contributed by atoms with Gasteiger partial charge in [0, 0.05) is 30.7 Å². The van der Waals surface area contributed by atoms with Crippen molar-refractivity contribution in [1.29, 1.82) is 0 Å². The molecule has 138 valence electrons. The molecule has 4 aliphatic rings. The Morgan fingerprint density at radius 3 is 2.67 bits per heavy atom. The summed E-state index contributed by atoms with van der Waals surface area (Å²) in [7, 11) is 0. The minimum atomic E-state index is 0.268. The Morgan fingerprint density at radius 1 is 1.11 bits per heavy atom. The van der Waals surface area contributed by atoms with Crippen LogP contribution in [-0.4, -0.2) is 56.9 Å². The van der Waals surface area contributed by atoms with Gasteiger partial charge in [0.2, 0.25) is 5.95 Å². The van der Waals surface area contributed by atoms with Crippen LogP contribution in [0.15, 0.2) is 18.2 Å². The van der Waals surface area contributed by atoms with Gasteiger partial charge >= 0.3 is 0 Å². The van der Waals surface area contributed by atoms with Gasteiger partial charge in [0.1, 0.15) is 0 Å². The first-order chi connectivity index (χ1) is 13.1. The van der Waals surface area contributed by atoms with Crippen molar-refractivity contribution in [3.63, 3.8) is 0 Å². The number of hydrogen-bond donors (Lipinski definition) is 0. The first kappa shape index (κ1) is 15.7. The summed E-state index contributed by atoms with van der Waals surface area (Å²) in [6, 6.07) is 6.80. The van der Waals surface area contributed by atoms with Crippen molar-refractivity contribution >= 4 is 17.5 Å². The van der Waals surface area contributed by atoms with Gasteiger partial charge < -0.3 is 4.90 Å². The maximum Gasteiger partial charge on any atom is 0.231 e. The largest absolute Gasteiger partial charge is 0.339 e. The molecule has 0 bridgehead atoms. The van der Waals surface area contributed by atoms with Gasteiger partial charge in [-0.05, 0) is 36.6 Å². The van der Waals surface area contributed by atoms with E-state index >= 15 is 0 Å². The Bertz CT molecular complexity index is 959. The fourth-order valence-electron chi connectivity index (χ4n) is 4.82. The molecule has 0 radical (unpaired) electrons. The fraction of sp³-hybridized carbons (Fsp3) is 0.526. The van der Waals surface area contributed by atoms with E-state index in [1.807, 2.05) is 11.1 Å². The highest BCUT2D eigenvalue weighted by Gasteiger charge is 2.56. The predicted molar refractivity (Wildman–Crippen MR) is 101 cm³/mol. The van der Waals surface area contributed by atoms with Crippen molar-refractivity contribution in [2.24, 2.45) is 5.41 Å². The lowest BCUT2D eigenvalue weighted by atomic mass is 9.74. The van der Waals surface area contributed by atoms with E-state index in [0.29, 0.717) is 6.04 Å². The molecule has 6 rings (SSSR count). The smallest absolute Gasteiger partial charge is 0.231 e. The molecule has 4 heterocycles. The van der Waals surface area contributed by atoms with Gasteiger partial charge in [-0.1, -0.05) is 11.6 Å². The predicted octanol–water partition coefficient (Wildman–Crippen LogP) is 2.35. The highest BCUT2D eigenvalue weighted by Crippen LogP contribution is 2.43. The van der Waals surface area contributed by atoms with E-state index in [2.05, 4.69) is 41.7 Å². The van der Waals surface area contributed by atoms with Gasteiger partial charge in [-0.2, -0.15) is 11.5 Å². The fourth-order valence-corrected chi connectivity index (χ4v) is 5.01. The number of aromatic nitrogens is 3. The van der Waals surface area contributed by atoms with Crippen molar-refractivity contribution in [3.05, 3.63) is 46.1 Å². The summed E-state index contributed by atoms with van der Waals surface area (Å²) >= 11 is 6.31. The molecule has 27 heavy (non-hydrogen) atoms. The summed E-state index contributed by atoms with van der Waals surface area (Å²) in [5.41, 5.74) is 2.66. The molecule has 0 amide bonds. The SMILES string of the molecule is [C-]#[N+]N1CC2(C1)CN(c1nnc3n1-c1ccc(Cl)cc1CN(C1CC1)C3)C2. The van der Waals surface area contributed by atoms with E-state index in [0.717, 1.165) is 61.8 Å². The van der Waals surface area contributed by atoms with Crippen LogP contribution in [0.25, 0.3) is 10.6 Å². The van der Waals surface area contributed by atoms with Crippen molar-refractivity contribution < 1.29 is 0 Å². The van der Waals surface area contributed by atoms with Crippen molar-refractivity contribution in [3.8, 4) is 5.69 Å². The zero-order valence-corrected chi connectivity index (χ0v) is 15.7. The number of rotatable bonds is 2. The van der Waals surface area contributed by atoms with Crippen LogP contribution in [0.3, 0.4) is 0 Å². The van der Waals surface area contributed by atoms with Crippen LogP contribution in [0.5, 0.6) is 0 Å². The zero-order valence-electron chi connectivity index (χ0n) is 15.0. The monoisotopic (exact) mass is 381 g/mol. The number of halogens is 1. The molecule has 0 atom stereocenters. The van der Waals surface area contributed by atoms with Crippen molar-refractivity contribution in [2.75, 3.05) is 31.1 Å². The van der Waals surface area contributed by atoms with E-state index < -0.39 is 0 Å². The van der Waals surface area contributed by atoms with E-state index in [-0.39, 0.29) is 5.41 Å². The first-order valence-electron chi connectivity index (χ1n) is 9.49. The summed E-state index contributed by atoms with van der Waals surface area (Å²) in [6.45, 7) is 12.5. The molecule has 2 saturated heterocycles. The lowest BCUT2D eigenvalue weighted by Gasteiger charge is -2.55. The molecule has 7 nitrogen and oxygen atoms in total. The highest BCUT2D eigenvalue weighted by molar-refractivity contribution is 6.30. The number of anilines is 1. The Kier molecular flexibility index (Phi) is 3.13. The van der Waals surface area contributed by atoms with E-state index in [1.165, 1.54) is 18.4 Å². The average Bonchev–Trinajstić information content (AvgIpc) is 3.37. The summed E-state index contributed by atoms with van der Waals surface area (Å²) in [5, 5.41) is 11.7. The van der Waals surface area contributed by atoms with Gasteiger partial charge in [0.25, 0.3) is 0 Å². The quantitative estimate of drug-likeness (QED) is 0.747. The molecule has 1 spiro atoms. The van der Waals surface area contributed by atoms with Crippen LogP contribution >= 0.6 is 11.6 Å². The summed E-state index contributed by atoms with van der Waals surface area (Å²) in [4.78, 5) is 8.34. The molecule has 8 heteroatoms. The van der Waals surface area contributed by atoms with Crippen LogP contribution in [0.2, 0.25) is 5.02 Å².